The van der Waals surface area contributed by atoms with Crippen molar-refractivity contribution in [3.63, 3.8) is 0 Å². The summed E-state index contributed by atoms with van der Waals surface area (Å²) >= 11 is 7.56. The predicted octanol–water partition coefficient (Wildman–Crippen LogP) is 3.33. The molecule has 0 atom stereocenters. The van der Waals surface area contributed by atoms with Crippen LogP contribution in [-0.2, 0) is 0 Å². The third kappa shape index (κ3) is 2.52. The normalized spacial score (nSPS) is 12.2. The van der Waals surface area contributed by atoms with Gasteiger partial charge in [0.1, 0.15) is 0 Å². The molecule has 0 bridgehead atoms. The third-order valence-corrected chi connectivity index (χ3v) is 4.99. The summed E-state index contributed by atoms with van der Waals surface area (Å²) in [6, 6.07) is 15.3. The molecule has 6 heteroatoms. The average Bonchev–Trinajstić information content (AvgIpc) is 3.09. The molecule has 0 N–H and O–H groups in total. The number of benzene rings is 2. The van der Waals surface area contributed by atoms with E-state index in [1.807, 2.05) is 55.5 Å². The molecular formula is C18H12ClN3OS. The van der Waals surface area contributed by atoms with E-state index in [0.717, 1.165) is 11.1 Å². The molecule has 0 spiro atoms. The maximum Gasteiger partial charge on any atom is 0.276 e. The second-order valence-corrected chi connectivity index (χ2v) is 6.87. The van der Waals surface area contributed by atoms with Crippen molar-refractivity contribution in [1.29, 1.82) is 0 Å². The second-order valence-electron chi connectivity index (χ2n) is 5.45. The molecule has 2 aromatic carbocycles. The van der Waals surface area contributed by atoms with Crippen LogP contribution in [0.1, 0.15) is 11.1 Å². The highest BCUT2D eigenvalue weighted by Gasteiger charge is 2.15. The van der Waals surface area contributed by atoms with Crippen molar-refractivity contribution in [3.8, 4) is 11.4 Å². The molecule has 2 heterocycles. The third-order valence-electron chi connectivity index (χ3n) is 3.70. The molecule has 4 nitrogen and oxygen atoms in total. The Morgan fingerprint density at radius 3 is 2.75 bits per heavy atom. The van der Waals surface area contributed by atoms with Crippen molar-refractivity contribution in [2.45, 2.75) is 6.92 Å². The van der Waals surface area contributed by atoms with Crippen LogP contribution < -0.4 is 10.1 Å². The Hall–Kier alpha value is -2.50. The SMILES string of the molecule is Cc1cccc(/C=c2/sc3nnc(-c4ccccc4Cl)n3c2=O)c1. The summed E-state index contributed by atoms with van der Waals surface area (Å²) in [5.74, 6) is 0.473. The van der Waals surface area contributed by atoms with Crippen LogP contribution in [0.5, 0.6) is 0 Å². The van der Waals surface area contributed by atoms with E-state index in [1.54, 1.807) is 6.07 Å². The lowest BCUT2D eigenvalue weighted by atomic mass is 10.1. The van der Waals surface area contributed by atoms with E-state index >= 15 is 0 Å². The number of hydrogen-bond donors (Lipinski definition) is 0. The monoisotopic (exact) mass is 353 g/mol. The van der Waals surface area contributed by atoms with Crippen LogP contribution in [0.25, 0.3) is 22.4 Å². The Morgan fingerprint density at radius 2 is 1.96 bits per heavy atom. The van der Waals surface area contributed by atoms with Gasteiger partial charge in [-0.25, -0.2) is 4.40 Å². The molecule has 4 rings (SSSR count). The zero-order valence-corrected chi connectivity index (χ0v) is 14.3. The van der Waals surface area contributed by atoms with Crippen molar-refractivity contribution < 1.29 is 0 Å². The van der Waals surface area contributed by atoms with Gasteiger partial charge in [-0.2, -0.15) is 0 Å². The minimum atomic E-state index is -0.128. The first kappa shape index (κ1) is 15.1. The Balaban J connectivity index is 1.95. The van der Waals surface area contributed by atoms with E-state index < -0.39 is 0 Å². The van der Waals surface area contributed by atoms with Crippen LogP contribution in [0.3, 0.4) is 0 Å². The maximum absolute atomic E-state index is 12.8. The van der Waals surface area contributed by atoms with Gasteiger partial charge in [-0.05, 0) is 30.7 Å². The van der Waals surface area contributed by atoms with E-state index in [2.05, 4.69) is 10.2 Å². The molecule has 0 saturated heterocycles. The van der Waals surface area contributed by atoms with Crippen LogP contribution in [-0.4, -0.2) is 14.6 Å². The van der Waals surface area contributed by atoms with Gasteiger partial charge < -0.3 is 0 Å². The summed E-state index contributed by atoms with van der Waals surface area (Å²) < 4.78 is 2.15. The first-order valence-corrected chi connectivity index (χ1v) is 8.54. The maximum atomic E-state index is 12.8. The Morgan fingerprint density at radius 1 is 1.12 bits per heavy atom. The highest BCUT2D eigenvalue weighted by Crippen LogP contribution is 2.25. The van der Waals surface area contributed by atoms with E-state index in [1.165, 1.54) is 15.7 Å². The molecule has 4 aromatic rings. The Bertz CT molecular complexity index is 1160. The number of aryl methyl sites for hydroxylation is 1. The average molecular weight is 354 g/mol. The number of halogens is 1. The number of nitrogens with zero attached hydrogens (tertiary/aromatic N) is 3. The lowest BCUT2D eigenvalue weighted by molar-refractivity contribution is 1.09. The van der Waals surface area contributed by atoms with Crippen LogP contribution in [0.4, 0.5) is 0 Å². The highest BCUT2D eigenvalue weighted by atomic mass is 35.5. The van der Waals surface area contributed by atoms with Crippen LogP contribution in [0.2, 0.25) is 5.02 Å². The summed E-state index contributed by atoms with van der Waals surface area (Å²) in [5, 5.41) is 8.81. The number of hydrogen-bond acceptors (Lipinski definition) is 4. The van der Waals surface area contributed by atoms with Crippen molar-refractivity contribution in [3.05, 3.63) is 79.6 Å². The quantitative estimate of drug-likeness (QED) is 0.555. The first-order chi connectivity index (χ1) is 11.6. The van der Waals surface area contributed by atoms with E-state index in [-0.39, 0.29) is 5.56 Å². The molecule has 0 amide bonds. The van der Waals surface area contributed by atoms with Crippen LogP contribution in [0.15, 0.2) is 53.3 Å². The molecule has 0 aliphatic heterocycles. The van der Waals surface area contributed by atoms with Gasteiger partial charge in [0.2, 0.25) is 4.96 Å². The van der Waals surface area contributed by atoms with Crippen LogP contribution >= 0.6 is 22.9 Å². The van der Waals surface area contributed by atoms with Gasteiger partial charge in [0.05, 0.1) is 9.55 Å². The van der Waals surface area contributed by atoms with E-state index in [9.17, 15) is 4.79 Å². The van der Waals surface area contributed by atoms with Crippen LogP contribution in [0, 0.1) is 6.92 Å². The first-order valence-electron chi connectivity index (χ1n) is 7.35. The number of aromatic nitrogens is 3. The van der Waals surface area contributed by atoms with Gasteiger partial charge >= 0.3 is 0 Å². The summed E-state index contributed by atoms with van der Waals surface area (Å²) in [4.78, 5) is 13.4. The summed E-state index contributed by atoms with van der Waals surface area (Å²) in [5.41, 5.74) is 2.71. The topological polar surface area (TPSA) is 47.3 Å². The number of rotatable bonds is 2. The molecule has 24 heavy (non-hydrogen) atoms. The summed E-state index contributed by atoms with van der Waals surface area (Å²) in [7, 11) is 0. The fourth-order valence-corrected chi connectivity index (χ4v) is 3.72. The minimum Gasteiger partial charge on any atom is -0.267 e. The number of fused-ring (bicyclic) bond motifs is 1. The predicted molar refractivity (Wildman–Crippen MR) is 97.5 cm³/mol. The van der Waals surface area contributed by atoms with Gasteiger partial charge in [-0.1, -0.05) is 64.9 Å². The molecular weight excluding hydrogens is 342 g/mol. The zero-order chi connectivity index (χ0) is 16.7. The van der Waals surface area contributed by atoms with E-state index in [4.69, 9.17) is 11.6 Å². The lowest BCUT2D eigenvalue weighted by Crippen LogP contribution is -2.23. The van der Waals surface area contributed by atoms with Gasteiger partial charge in [0.15, 0.2) is 5.82 Å². The van der Waals surface area contributed by atoms with Gasteiger partial charge in [-0.15, -0.1) is 10.2 Å². The second kappa shape index (κ2) is 5.85. The molecule has 118 valence electrons. The van der Waals surface area contributed by atoms with Crippen molar-refractivity contribution in [2.75, 3.05) is 0 Å². The molecule has 0 radical (unpaired) electrons. The Labute approximate surface area is 146 Å². The fraction of sp³-hybridized carbons (Fsp3) is 0.0556. The standard InChI is InChI=1S/C18H12ClN3OS/c1-11-5-4-6-12(9-11)10-15-17(23)22-16(20-21-18(22)24-15)13-7-2-3-8-14(13)19/h2-10H,1H3/b15-10+. The largest absolute Gasteiger partial charge is 0.276 e. The minimum absolute atomic E-state index is 0.128. The molecule has 0 aliphatic carbocycles. The van der Waals surface area contributed by atoms with Gasteiger partial charge in [-0.3, -0.25) is 4.79 Å². The molecule has 0 fully saturated rings. The molecule has 0 unspecified atom stereocenters. The van der Waals surface area contributed by atoms with E-state index in [0.29, 0.717) is 25.9 Å². The summed E-state index contributed by atoms with van der Waals surface area (Å²) in [6.07, 6.45) is 1.88. The van der Waals surface area contributed by atoms with Crippen molar-refractivity contribution in [1.82, 2.24) is 14.6 Å². The molecule has 2 aromatic heterocycles. The summed E-state index contributed by atoms with van der Waals surface area (Å²) in [6.45, 7) is 2.02. The van der Waals surface area contributed by atoms with Crippen molar-refractivity contribution in [2.24, 2.45) is 0 Å². The molecule has 0 saturated carbocycles. The van der Waals surface area contributed by atoms with Gasteiger partial charge in [0.25, 0.3) is 5.56 Å². The Kier molecular flexibility index (Phi) is 3.67. The zero-order valence-electron chi connectivity index (χ0n) is 12.7. The number of thiazole rings is 1. The lowest BCUT2D eigenvalue weighted by Gasteiger charge is -1.99. The highest BCUT2D eigenvalue weighted by molar-refractivity contribution is 7.15. The van der Waals surface area contributed by atoms with Gasteiger partial charge in [0, 0.05) is 5.56 Å². The van der Waals surface area contributed by atoms with Crippen molar-refractivity contribution >= 4 is 34.0 Å². The smallest absolute Gasteiger partial charge is 0.267 e. The molecule has 0 aliphatic rings. The fourth-order valence-electron chi connectivity index (χ4n) is 2.59.